The minimum atomic E-state index is -0.479. The Morgan fingerprint density at radius 3 is 2.78 bits per heavy atom. The Bertz CT molecular complexity index is 335. The summed E-state index contributed by atoms with van der Waals surface area (Å²) in [6.07, 6.45) is 1.51. The zero-order valence-corrected chi connectivity index (χ0v) is 11.3. The lowest BCUT2D eigenvalue weighted by atomic mass is 10.1. The SMILES string of the molecule is C=NC(=N)N[C@H]1CCCN(C(=O)OC(C)(C)C)C1. The normalized spacial score (nSPS) is 20.2. The second kappa shape index (κ2) is 5.84. The summed E-state index contributed by atoms with van der Waals surface area (Å²) < 4.78 is 5.33. The van der Waals surface area contributed by atoms with Gasteiger partial charge in [0.05, 0.1) is 0 Å². The van der Waals surface area contributed by atoms with Crippen molar-refractivity contribution >= 4 is 18.8 Å². The molecule has 0 aromatic carbocycles. The van der Waals surface area contributed by atoms with Crippen molar-refractivity contribution < 1.29 is 9.53 Å². The lowest BCUT2D eigenvalue weighted by molar-refractivity contribution is 0.0194. The Hall–Kier alpha value is -1.59. The van der Waals surface area contributed by atoms with E-state index < -0.39 is 5.60 Å². The van der Waals surface area contributed by atoms with E-state index in [0.29, 0.717) is 13.1 Å². The van der Waals surface area contributed by atoms with E-state index >= 15 is 0 Å². The average Bonchev–Trinajstić information content (AvgIpc) is 2.27. The van der Waals surface area contributed by atoms with Gasteiger partial charge in [0.25, 0.3) is 0 Å². The van der Waals surface area contributed by atoms with Gasteiger partial charge in [-0.15, -0.1) is 0 Å². The van der Waals surface area contributed by atoms with Crippen LogP contribution in [0.4, 0.5) is 4.79 Å². The third kappa shape index (κ3) is 4.73. The van der Waals surface area contributed by atoms with Gasteiger partial charge >= 0.3 is 6.09 Å². The topological polar surface area (TPSA) is 77.8 Å². The quantitative estimate of drug-likeness (QED) is 0.551. The van der Waals surface area contributed by atoms with Gasteiger partial charge in [-0.1, -0.05) is 0 Å². The van der Waals surface area contributed by atoms with Crippen LogP contribution in [0.25, 0.3) is 0 Å². The fraction of sp³-hybridized carbons (Fsp3) is 0.750. The van der Waals surface area contributed by atoms with Crippen LogP contribution in [0.15, 0.2) is 4.99 Å². The molecule has 1 aliphatic heterocycles. The molecule has 1 heterocycles. The van der Waals surface area contributed by atoms with Crippen LogP contribution < -0.4 is 5.32 Å². The van der Waals surface area contributed by atoms with Crippen LogP contribution in [0.1, 0.15) is 33.6 Å². The van der Waals surface area contributed by atoms with Gasteiger partial charge in [-0.3, -0.25) is 5.41 Å². The molecule has 1 fully saturated rings. The highest BCUT2D eigenvalue weighted by atomic mass is 16.6. The van der Waals surface area contributed by atoms with Crippen molar-refractivity contribution in [3.8, 4) is 0 Å². The van der Waals surface area contributed by atoms with Crippen molar-refractivity contribution in [2.24, 2.45) is 4.99 Å². The molecule has 0 saturated carbocycles. The fourth-order valence-electron chi connectivity index (χ4n) is 1.83. The largest absolute Gasteiger partial charge is 0.444 e. The molecule has 0 spiro atoms. The standard InChI is InChI=1S/C12H22N4O2/c1-12(2,3)18-11(17)16-7-5-6-9(8-16)15-10(13)14-4/h9H,4-8H2,1-3H3,(H2,13,15)/t9-/m0/s1. The molecule has 0 unspecified atom stereocenters. The Labute approximate surface area is 108 Å². The minimum Gasteiger partial charge on any atom is -0.444 e. The average molecular weight is 254 g/mol. The molecule has 0 aromatic heterocycles. The van der Waals surface area contributed by atoms with Gasteiger partial charge in [0.15, 0.2) is 0 Å². The third-order valence-electron chi connectivity index (χ3n) is 2.57. The van der Waals surface area contributed by atoms with E-state index in [0.717, 1.165) is 12.8 Å². The number of hydrogen-bond donors (Lipinski definition) is 2. The number of amides is 1. The number of carbonyl (C=O) groups is 1. The van der Waals surface area contributed by atoms with Crippen LogP contribution in [-0.2, 0) is 4.74 Å². The number of aliphatic imine (C=N–C) groups is 1. The first-order chi connectivity index (χ1) is 8.31. The van der Waals surface area contributed by atoms with Gasteiger partial charge in [0, 0.05) is 19.1 Å². The summed E-state index contributed by atoms with van der Waals surface area (Å²) in [5.41, 5.74) is -0.479. The second-order valence-electron chi connectivity index (χ2n) is 5.42. The Kier molecular flexibility index (Phi) is 4.69. The van der Waals surface area contributed by atoms with Crippen LogP contribution in [0.2, 0.25) is 0 Å². The van der Waals surface area contributed by atoms with E-state index in [1.165, 1.54) is 0 Å². The molecule has 18 heavy (non-hydrogen) atoms. The van der Waals surface area contributed by atoms with Crippen LogP contribution >= 0.6 is 0 Å². The number of guanidine groups is 1. The first-order valence-corrected chi connectivity index (χ1v) is 6.11. The zero-order chi connectivity index (χ0) is 13.8. The fourth-order valence-corrected chi connectivity index (χ4v) is 1.83. The molecule has 6 heteroatoms. The predicted octanol–water partition coefficient (Wildman–Crippen LogP) is 1.61. The maximum atomic E-state index is 11.9. The Morgan fingerprint density at radius 2 is 2.22 bits per heavy atom. The molecule has 1 amide bonds. The van der Waals surface area contributed by atoms with Crippen molar-refractivity contribution in [2.45, 2.75) is 45.3 Å². The highest BCUT2D eigenvalue weighted by molar-refractivity contribution is 5.81. The molecule has 0 aliphatic carbocycles. The van der Waals surface area contributed by atoms with Crippen molar-refractivity contribution in [2.75, 3.05) is 13.1 Å². The number of likely N-dealkylation sites (tertiary alicyclic amines) is 1. The maximum Gasteiger partial charge on any atom is 0.410 e. The van der Waals surface area contributed by atoms with E-state index in [9.17, 15) is 4.79 Å². The van der Waals surface area contributed by atoms with Gasteiger partial charge in [0.1, 0.15) is 5.60 Å². The van der Waals surface area contributed by atoms with Gasteiger partial charge < -0.3 is 15.0 Å². The van der Waals surface area contributed by atoms with E-state index in [1.807, 2.05) is 20.8 Å². The summed E-state index contributed by atoms with van der Waals surface area (Å²) in [5, 5.41) is 10.3. The summed E-state index contributed by atoms with van der Waals surface area (Å²) >= 11 is 0. The number of nitrogens with zero attached hydrogens (tertiary/aromatic N) is 2. The van der Waals surface area contributed by atoms with Crippen LogP contribution in [0.3, 0.4) is 0 Å². The van der Waals surface area contributed by atoms with Crippen LogP contribution in [0, 0.1) is 5.41 Å². The minimum absolute atomic E-state index is 0.0456. The highest BCUT2D eigenvalue weighted by Crippen LogP contribution is 2.15. The number of ether oxygens (including phenoxy) is 1. The molecule has 6 nitrogen and oxygen atoms in total. The second-order valence-corrected chi connectivity index (χ2v) is 5.42. The van der Waals surface area contributed by atoms with E-state index in [4.69, 9.17) is 10.1 Å². The third-order valence-corrected chi connectivity index (χ3v) is 2.57. The van der Waals surface area contributed by atoms with Crippen LogP contribution in [0.5, 0.6) is 0 Å². The molecular formula is C12H22N4O2. The summed E-state index contributed by atoms with van der Waals surface area (Å²) in [6.45, 7) is 10.1. The smallest absolute Gasteiger partial charge is 0.410 e. The number of hydrogen-bond acceptors (Lipinski definition) is 3. The monoisotopic (exact) mass is 254 g/mol. The molecule has 1 atom stereocenters. The summed E-state index contributed by atoms with van der Waals surface area (Å²) in [7, 11) is 0. The maximum absolute atomic E-state index is 11.9. The molecule has 0 aromatic rings. The van der Waals surface area contributed by atoms with E-state index in [2.05, 4.69) is 17.0 Å². The molecule has 2 N–H and O–H groups in total. The zero-order valence-electron chi connectivity index (χ0n) is 11.3. The van der Waals surface area contributed by atoms with Crippen molar-refractivity contribution in [3.05, 3.63) is 0 Å². The van der Waals surface area contributed by atoms with Gasteiger partial charge in [-0.25, -0.2) is 9.79 Å². The molecule has 102 valence electrons. The lowest BCUT2D eigenvalue weighted by Crippen LogP contribution is -2.50. The van der Waals surface area contributed by atoms with Crippen molar-refractivity contribution in [1.82, 2.24) is 10.2 Å². The van der Waals surface area contributed by atoms with E-state index in [-0.39, 0.29) is 18.1 Å². The summed E-state index contributed by atoms with van der Waals surface area (Å²) in [6, 6.07) is 0.0456. The lowest BCUT2D eigenvalue weighted by Gasteiger charge is -2.34. The Balaban J connectivity index is 2.50. The summed E-state index contributed by atoms with van der Waals surface area (Å²) in [4.78, 5) is 17.1. The number of piperidine rings is 1. The summed E-state index contributed by atoms with van der Waals surface area (Å²) in [5.74, 6) is 0.0473. The molecule has 0 bridgehead atoms. The molecule has 1 aliphatic rings. The van der Waals surface area contributed by atoms with Gasteiger partial charge in [-0.05, 0) is 40.3 Å². The van der Waals surface area contributed by atoms with Crippen molar-refractivity contribution in [1.29, 1.82) is 5.41 Å². The van der Waals surface area contributed by atoms with Gasteiger partial charge in [0.2, 0.25) is 5.96 Å². The number of nitrogens with one attached hydrogen (secondary N) is 2. The molecule has 1 saturated heterocycles. The predicted molar refractivity (Wildman–Crippen MR) is 71.2 cm³/mol. The number of rotatable bonds is 1. The number of carbonyl (C=O) groups excluding carboxylic acids is 1. The first-order valence-electron chi connectivity index (χ1n) is 6.11. The molecule has 0 radical (unpaired) electrons. The van der Waals surface area contributed by atoms with Crippen LogP contribution in [-0.4, -0.2) is 48.4 Å². The molecule has 1 rings (SSSR count). The first kappa shape index (κ1) is 14.5. The van der Waals surface area contributed by atoms with E-state index in [1.54, 1.807) is 4.90 Å². The highest BCUT2D eigenvalue weighted by Gasteiger charge is 2.27. The Morgan fingerprint density at radius 1 is 1.56 bits per heavy atom. The van der Waals surface area contributed by atoms with Crippen molar-refractivity contribution in [3.63, 3.8) is 0 Å². The molecular weight excluding hydrogens is 232 g/mol. The van der Waals surface area contributed by atoms with Gasteiger partial charge in [-0.2, -0.15) is 0 Å².